The average Bonchev–Trinajstić information content (AvgIpc) is 2.84. The van der Waals surface area contributed by atoms with Gasteiger partial charge in [-0.2, -0.15) is 4.98 Å². The van der Waals surface area contributed by atoms with Crippen LogP contribution < -0.4 is 5.73 Å². The van der Waals surface area contributed by atoms with Gasteiger partial charge in [-0.25, -0.2) is 4.98 Å². The molecule has 6 nitrogen and oxygen atoms in total. The van der Waals surface area contributed by atoms with Gasteiger partial charge in [0.05, 0.1) is 17.7 Å². The molecule has 0 spiro atoms. The van der Waals surface area contributed by atoms with Gasteiger partial charge < -0.3 is 15.4 Å². The third-order valence-electron chi connectivity index (χ3n) is 1.81. The third-order valence-corrected chi connectivity index (χ3v) is 2.58. The maximum Gasteiger partial charge on any atom is 0.277 e. The minimum atomic E-state index is -0.609. The SMILES string of the molecule is Cc1nc(-c2nc(C(N)CO)no2)cs1. The van der Waals surface area contributed by atoms with Crippen LogP contribution in [0.2, 0.25) is 0 Å². The molecule has 3 N–H and O–H groups in total. The van der Waals surface area contributed by atoms with Gasteiger partial charge >= 0.3 is 0 Å². The molecule has 0 saturated carbocycles. The number of rotatable bonds is 3. The Labute approximate surface area is 89.8 Å². The minimum Gasteiger partial charge on any atom is -0.394 e. The van der Waals surface area contributed by atoms with E-state index in [2.05, 4.69) is 15.1 Å². The van der Waals surface area contributed by atoms with E-state index < -0.39 is 6.04 Å². The molecule has 0 saturated heterocycles. The fourth-order valence-corrected chi connectivity index (χ4v) is 1.62. The van der Waals surface area contributed by atoms with Crippen molar-refractivity contribution in [3.63, 3.8) is 0 Å². The lowest BCUT2D eigenvalue weighted by atomic mass is 10.3. The number of thiazole rings is 1. The number of aliphatic hydroxyl groups is 1. The standard InChI is InChI=1S/C8H10N4O2S/c1-4-10-6(3-15-4)8-11-7(12-14-8)5(9)2-13/h3,5,13H,2,9H2,1H3. The van der Waals surface area contributed by atoms with Crippen molar-refractivity contribution < 1.29 is 9.63 Å². The summed E-state index contributed by atoms with van der Waals surface area (Å²) >= 11 is 1.50. The molecule has 1 unspecified atom stereocenters. The van der Waals surface area contributed by atoms with Gasteiger partial charge in [0.15, 0.2) is 5.82 Å². The molecular formula is C8H10N4O2S. The van der Waals surface area contributed by atoms with E-state index in [0.717, 1.165) is 5.01 Å². The maximum absolute atomic E-state index is 8.81. The van der Waals surface area contributed by atoms with Crippen molar-refractivity contribution >= 4 is 11.3 Å². The molecule has 0 aromatic carbocycles. The number of aryl methyl sites for hydroxylation is 1. The summed E-state index contributed by atoms with van der Waals surface area (Å²) in [5.41, 5.74) is 6.18. The van der Waals surface area contributed by atoms with E-state index in [4.69, 9.17) is 15.4 Å². The first-order chi connectivity index (χ1) is 7.20. The lowest BCUT2D eigenvalue weighted by molar-refractivity contribution is 0.260. The summed E-state index contributed by atoms with van der Waals surface area (Å²) in [6, 6.07) is -0.609. The Balaban J connectivity index is 2.27. The predicted molar refractivity (Wildman–Crippen MR) is 54.2 cm³/mol. The lowest BCUT2D eigenvalue weighted by Crippen LogP contribution is -2.15. The van der Waals surface area contributed by atoms with Gasteiger partial charge in [-0.1, -0.05) is 5.16 Å². The molecule has 0 amide bonds. The summed E-state index contributed by atoms with van der Waals surface area (Å²) in [6.45, 7) is 1.68. The van der Waals surface area contributed by atoms with Crippen LogP contribution >= 0.6 is 11.3 Å². The number of hydrogen-bond donors (Lipinski definition) is 2. The first-order valence-corrected chi connectivity index (χ1v) is 5.21. The molecule has 2 aromatic rings. The number of nitrogens with two attached hydrogens (primary N) is 1. The summed E-state index contributed by atoms with van der Waals surface area (Å²) in [4.78, 5) is 8.24. The van der Waals surface area contributed by atoms with Gasteiger partial charge in [-0.05, 0) is 6.92 Å². The number of aromatic nitrogens is 3. The van der Waals surface area contributed by atoms with Crippen LogP contribution in [-0.2, 0) is 0 Å². The Morgan fingerprint density at radius 2 is 2.40 bits per heavy atom. The molecular weight excluding hydrogens is 216 g/mol. The van der Waals surface area contributed by atoms with E-state index in [1.54, 1.807) is 0 Å². The highest BCUT2D eigenvalue weighted by molar-refractivity contribution is 7.09. The molecule has 0 aliphatic rings. The zero-order chi connectivity index (χ0) is 10.8. The summed E-state index contributed by atoms with van der Waals surface area (Å²) in [7, 11) is 0. The van der Waals surface area contributed by atoms with Gasteiger partial charge in [-0.3, -0.25) is 0 Å². The molecule has 0 aliphatic heterocycles. The van der Waals surface area contributed by atoms with E-state index in [9.17, 15) is 0 Å². The highest BCUT2D eigenvalue weighted by atomic mass is 32.1. The summed E-state index contributed by atoms with van der Waals surface area (Å²) < 4.78 is 4.98. The highest BCUT2D eigenvalue weighted by Gasteiger charge is 2.15. The number of nitrogens with zero attached hydrogens (tertiary/aromatic N) is 3. The predicted octanol–water partition coefficient (Wildman–Crippen LogP) is 0.494. The lowest BCUT2D eigenvalue weighted by Gasteiger charge is -1.98. The third kappa shape index (κ3) is 2.04. The van der Waals surface area contributed by atoms with Gasteiger partial charge in [0.25, 0.3) is 5.89 Å². The zero-order valence-corrected chi connectivity index (χ0v) is 8.86. The fourth-order valence-electron chi connectivity index (χ4n) is 1.03. The molecule has 2 aromatic heterocycles. The van der Waals surface area contributed by atoms with Crippen molar-refractivity contribution in [3.05, 3.63) is 16.2 Å². The Morgan fingerprint density at radius 1 is 1.60 bits per heavy atom. The Bertz CT molecular complexity index is 453. The van der Waals surface area contributed by atoms with Gasteiger partial charge in [0.2, 0.25) is 0 Å². The van der Waals surface area contributed by atoms with Crippen LogP contribution in [0.5, 0.6) is 0 Å². The Morgan fingerprint density at radius 3 is 3.00 bits per heavy atom. The second-order valence-electron chi connectivity index (χ2n) is 3.00. The van der Waals surface area contributed by atoms with Crippen molar-refractivity contribution in [2.45, 2.75) is 13.0 Å². The van der Waals surface area contributed by atoms with Crippen molar-refractivity contribution in [2.24, 2.45) is 5.73 Å². The second-order valence-corrected chi connectivity index (χ2v) is 4.06. The Hall–Kier alpha value is -1.31. The average molecular weight is 226 g/mol. The first kappa shape index (κ1) is 10.2. The van der Waals surface area contributed by atoms with Gasteiger partial charge in [-0.15, -0.1) is 11.3 Å². The summed E-state index contributed by atoms with van der Waals surface area (Å²) in [6.07, 6.45) is 0. The van der Waals surface area contributed by atoms with E-state index in [1.165, 1.54) is 11.3 Å². The number of aliphatic hydroxyl groups excluding tert-OH is 1. The van der Waals surface area contributed by atoms with E-state index >= 15 is 0 Å². The van der Waals surface area contributed by atoms with E-state index in [0.29, 0.717) is 11.6 Å². The van der Waals surface area contributed by atoms with Crippen molar-refractivity contribution in [1.82, 2.24) is 15.1 Å². The maximum atomic E-state index is 8.81. The molecule has 0 bridgehead atoms. The fraction of sp³-hybridized carbons (Fsp3) is 0.375. The molecule has 0 aliphatic carbocycles. The van der Waals surface area contributed by atoms with Crippen LogP contribution in [0.3, 0.4) is 0 Å². The largest absolute Gasteiger partial charge is 0.394 e. The molecule has 2 heterocycles. The molecule has 0 fully saturated rings. The van der Waals surface area contributed by atoms with Crippen LogP contribution in [0.1, 0.15) is 16.9 Å². The van der Waals surface area contributed by atoms with E-state index in [-0.39, 0.29) is 12.4 Å². The van der Waals surface area contributed by atoms with Crippen molar-refractivity contribution in [3.8, 4) is 11.6 Å². The van der Waals surface area contributed by atoms with Crippen molar-refractivity contribution in [2.75, 3.05) is 6.61 Å². The summed E-state index contributed by atoms with van der Waals surface area (Å²) in [5, 5.41) is 15.2. The van der Waals surface area contributed by atoms with Gasteiger partial charge in [0.1, 0.15) is 5.69 Å². The van der Waals surface area contributed by atoms with Crippen LogP contribution in [-0.4, -0.2) is 26.8 Å². The highest BCUT2D eigenvalue weighted by Crippen LogP contribution is 2.20. The summed E-state index contributed by atoms with van der Waals surface area (Å²) in [5.74, 6) is 0.622. The van der Waals surface area contributed by atoms with Crippen LogP contribution in [0.25, 0.3) is 11.6 Å². The molecule has 7 heteroatoms. The second kappa shape index (κ2) is 4.05. The molecule has 1 atom stereocenters. The monoisotopic (exact) mass is 226 g/mol. The molecule has 2 rings (SSSR count). The Kier molecular flexibility index (Phi) is 2.76. The number of hydrogen-bond acceptors (Lipinski definition) is 7. The van der Waals surface area contributed by atoms with E-state index in [1.807, 2.05) is 12.3 Å². The topological polar surface area (TPSA) is 98.1 Å². The smallest absolute Gasteiger partial charge is 0.277 e. The molecule has 15 heavy (non-hydrogen) atoms. The molecule has 80 valence electrons. The first-order valence-electron chi connectivity index (χ1n) is 4.33. The van der Waals surface area contributed by atoms with Crippen LogP contribution in [0.4, 0.5) is 0 Å². The van der Waals surface area contributed by atoms with Crippen LogP contribution in [0.15, 0.2) is 9.90 Å². The zero-order valence-electron chi connectivity index (χ0n) is 8.04. The van der Waals surface area contributed by atoms with Crippen molar-refractivity contribution in [1.29, 1.82) is 0 Å². The quantitative estimate of drug-likeness (QED) is 0.790. The minimum absolute atomic E-state index is 0.213. The normalized spacial score (nSPS) is 13.0. The molecule has 0 radical (unpaired) electrons. The van der Waals surface area contributed by atoms with Crippen LogP contribution in [0, 0.1) is 6.92 Å². The van der Waals surface area contributed by atoms with Gasteiger partial charge in [0, 0.05) is 5.38 Å².